The number of carbonyl (C=O) groups is 1. The van der Waals surface area contributed by atoms with Gasteiger partial charge in [0.05, 0.1) is 11.9 Å². The van der Waals surface area contributed by atoms with E-state index in [0.29, 0.717) is 5.69 Å². The number of anilines is 2. The van der Waals surface area contributed by atoms with Crippen molar-refractivity contribution >= 4 is 34.5 Å². The van der Waals surface area contributed by atoms with Gasteiger partial charge in [0, 0.05) is 11.1 Å². The van der Waals surface area contributed by atoms with Gasteiger partial charge >= 0.3 is 6.09 Å². The van der Waals surface area contributed by atoms with Crippen LogP contribution in [-0.2, 0) is 11.3 Å². The maximum Gasteiger partial charge on any atom is 0.411 e. The van der Waals surface area contributed by atoms with E-state index < -0.39 is 6.09 Å². The van der Waals surface area contributed by atoms with Crippen molar-refractivity contribution in [3.05, 3.63) is 76.8 Å². The van der Waals surface area contributed by atoms with Crippen molar-refractivity contribution in [1.82, 2.24) is 4.98 Å². The third kappa shape index (κ3) is 5.42. The second kappa shape index (κ2) is 8.77. The zero-order valence-corrected chi connectivity index (χ0v) is 15.0. The van der Waals surface area contributed by atoms with E-state index in [4.69, 9.17) is 4.74 Å². The highest BCUT2D eigenvalue weighted by atomic mass is 32.1. The molecule has 2 N–H and O–H groups in total. The van der Waals surface area contributed by atoms with E-state index >= 15 is 0 Å². The Kier molecular flexibility index (Phi) is 5.95. The predicted octanol–water partition coefficient (Wildman–Crippen LogP) is 4.65. The number of nitrogens with zero attached hydrogens (tertiary/aromatic N) is 2. The minimum atomic E-state index is -0.490. The number of amides is 1. The normalized spacial score (nSPS) is 10.7. The van der Waals surface area contributed by atoms with Crippen molar-refractivity contribution < 1.29 is 9.53 Å². The number of aromatic nitrogens is 1. The molecule has 26 heavy (non-hydrogen) atoms. The number of thiazole rings is 1. The summed E-state index contributed by atoms with van der Waals surface area (Å²) in [4.78, 5) is 16.1. The lowest BCUT2D eigenvalue weighted by atomic mass is 10.2. The number of ether oxygens (including phenoxy) is 1. The van der Waals surface area contributed by atoms with Gasteiger partial charge in [-0.25, -0.2) is 9.78 Å². The van der Waals surface area contributed by atoms with E-state index in [0.717, 1.165) is 22.0 Å². The van der Waals surface area contributed by atoms with Gasteiger partial charge in [0.2, 0.25) is 5.13 Å². The van der Waals surface area contributed by atoms with E-state index in [1.165, 1.54) is 11.3 Å². The Balaban J connectivity index is 1.47. The Morgan fingerprint density at radius 1 is 1.19 bits per heavy atom. The molecular weight excluding hydrogens is 348 g/mol. The summed E-state index contributed by atoms with van der Waals surface area (Å²) in [6.45, 7) is 2.17. The molecule has 0 radical (unpaired) electrons. The minimum Gasteiger partial charge on any atom is -0.444 e. The number of benzene rings is 2. The standard InChI is InChI=1S/C19H18N4O2S/c1-14-13-26-18(21-14)23-20-11-15-7-9-17(10-8-15)22-19(24)25-12-16-5-3-2-4-6-16/h2-11,13H,12H2,1H3,(H,21,23)(H,22,24). The topological polar surface area (TPSA) is 75.6 Å². The monoisotopic (exact) mass is 366 g/mol. The molecule has 6 nitrogen and oxygen atoms in total. The van der Waals surface area contributed by atoms with Crippen LogP contribution in [0.5, 0.6) is 0 Å². The van der Waals surface area contributed by atoms with E-state index in [2.05, 4.69) is 20.8 Å². The molecule has 2 aromatic carbocycles. The van der Waals surface area contributed by atoms with Crippen LogP contribution in [0.25, 0.3) is 0 Å². The molecule has 1 aromatic heterocycles. The number of rotatable bonds is 6. The summed E-state index contributed by atoms with van der Waals surface area (Å²) < 4.78 is 5.19. The van der Waals surface area contributed by atoms with Gasteiger partial charge < -0.3 is 4.74 Å². The summed E-state index contributed by atoms with van der Waals surface area (Å²) >= 11 is 1.50. The van der Waals surface area contributed by atoms with E-state index in [9.17, 15) is 4.79 Å². The van der Waals surface area contributed by atoms with Gasteiger partial charge in [-0.15, -0.1) is 11.3 Å². The first kappa shape index (κ1) is 17.6. The first-order chi connectivity index (χ1) is 12.7. The smallest absolute Gasteiger partial charge is 0.411 e. The molecule has 1 amide bonds. The third-order valence-electron chi connectivity index (χ3n) is 3.36. The first-order valence-corrected chi connectivity index (χ1v) is 8.86. The lowest BCUT2D eigenvalue weighted by Gasteiger charge is -2.07. The summed E-state index contributed by atoms with van der Waals surface area (Å²) in [6.07, 6.45) is 1.20. The SMILES string of the molecule is Cc1csc(NN=Cc2ccc(NC(=O)OCc3ccccc3)cc2)n1. The summed E-state index contributed by atoms with van der Waals surface area (Å²) in [6, 6.07) is 16.8. The van der Waals surface area contributed by atoms with Crippen LogP contribution in [0.15, 0.2) is 65.1 Å². The molecule has 0 saturated carbocycles. The fourth-order valence-electron chi connectivity index (χ4n) is 2.10. The molecule has 0 unspecified atom stereocenters. The molecule has 0 fully saturated rings. The molecule has 0 saturated heterocycles. The number of hydrazone groups is 1. The maximum atomic E-state index is 11.8. The summed E-state index contributed by atoms with van der Waals surface area (Å²) in [5.74, 6) is 0. The Labute approximate surface area is 155 Å². The molecule has 0 spiro atoms. The van der Waals surface area contributed by atoms with Crippen LogP contribution in [0.1, 0.15) is 16.8 Å². The van der Waals surface area contributed by atoms with Crippen molar-refractivity contribution in [2.45, 2.75) is 13.5 Å². The highest BCUT2D eigenvalue weighted by Gasteiger charge is 2.03. The number of nitrogens with one attached hydrogen (secondary N) is 2. The average Bonchev–Trinajstić information content (AvgIpc) is 3.07. The molecule has 0 aliphatic heterocycles. The second-order valence-electron chi connectivity index (χ2n) is 5.47. The van der Waals surface area contributed by atoms with Crippen molar-refractivity contribution in [1.29, 1.82) is 0 Å². The van der Waals surface area contributed by atoms with Crippen LogP contribution in [0.3, 0.4) is 0 Å². The maximum absolute atomic E-state index is 11.8. The third-order valence-corrected chi connectivity index (χ3v) is 4.23. The van der Waals surface area contributed by atoms with Crippen molar-refractivity contribution in [3.8, 4) is 0 Å². The van der Waals surface area contributed by atoms with Crippen LogP contribution < -0.4 is 10.7 Å². The number of hydrogen-bond acceptors (Lipinski definition) is 6. The van der Waals surface area contributed by atoms with Gasteiger partial charge in [-0.3, -0.25) is 10.7 Å². The van der Waals surface area contributed by atoms with Gasteiger partial charge in [-0.2, -0.15) is 5.10 Å². The molecule has 0 aliphatic rings. The van der Waals surface area contributed by atoms with E-state index in [-0.39, 0.29) is 6.61 Å². The number of hydrogen-bond donors (Lipinski definition) is 2. The Bertz CT molecular complexity index is 876. The highest BCUT2D eigenvalue weighted by molar-refractivity contribution is 7.13. The predicted molar refractivity (Wildman–Crippen MR) is 105 cm³/mol. The Hall–Kier alpha value is -3.19. The van der Waals surface area contributed by atoms with Crippen LogP contribution in [-0.4, -0.2) is 17.3 Å². The largest absolute Gasteiger partial charge is 0.444 e. The van der Waals surface area contributed by atoms with Crippen molar-refractivity contribution in [2.24, 2.45) is 5.10 Å². The van der Waals surface area contributed by atoms with E-state index in [1.807, 2.05) is 54.8 Å². The van der Waals surface area contributed by atoms with Gasteiger partial charge in [-0.1, -0.05) is 42.5 Å². The van der Waals surface area contributed by atoms with Crippen molar-refractivity contribution in [3.63, 3.8) is 0 Å². The molecule has 3 rings (SSSR count). The lowest BCUT2D eigenvalue weighted by Crippen LogP contribution is -2.13. The first-order valence-electron chi connectivity index (χ1n) is 7.98. The van der Waals surface area contributed by atoms with Gasteiger partial charge in [0.25, 0.3) is 0 Å². The van der Waals surface area contributed by atoms with Crippen LogP contribution in [0, 0.1) is 6.92 Å². The Morgan fingerprint density at radius 3 is 2.65 bits per heavy atom. The molecule has 0 aliphatic carbocycles. The van der Waals surface area contributed by atoms with E-state index in [1.54, 1.807) is 18.3 Å². The fraction of sp³-hybridized carbons (Fsp3) is 0.105. The summed E-state index contributed by atoms with van der Waals surface area (Å²) in [5.41, 5.74) is 6.34. The van der Waals surface area contributed by atoms with Crippen LogP contribution >= 0.6 is 11.3 Å². The zero-order chi connectivity index (χ0) is 18.2. The van der Waals surface area contributed by atoms with Crippen LogP contribution in [0.2, 0.25) is 0 Å². The molecule has 132 valence electrons. The molecule has 0 bridgehead atoms. The van der Waals surface area contributed by atoms with Gasteiger partial charge in [-0.05, 0) is 30.2 Å². The lowest BCUT2D eigenvalue weighted by molar-refractivity contribution is 0.155. The fourth-order valence-corrected chi connectivity index (χ4v) is 2.73. The molecule has 1 heterocycles. The van der Waals surface area contributed by atoms with Crippen molar-refractivity contribution in [2.75, 3.05) is 10.7 Å². The molecule has 0 atom stereocenters. The minimum absolute atomic E-state index is 0.235. The summed E-state index contributed by atoms with van der Waals surface area (Å²) in [5, 5.41) is 9.54. The molecular formula is C19H18N4O2S. The van der Waals surface area contributed by atoms with Gasteiger partial charge in [0.15, 0.2) is 0 Å². The van der Waals surface area contributed by atoms with Crippen LogP contribution in [0.4, 0.5) is 15.6 Å². The summed E-state index contributed by atoms with van der Waals surface area (Å²) in [7, 11) is 0. The number of aryl methyl sites for hydroxylation is 1. The Morgan fingerprint density at radius 2 is 1.96 bits per heavy atom. The quantitative estimate of drug-likeness (QED) is 0.492. The molecule has 7 heteroatoms. The number of carbonyl (C=O) groups excluding carboxylic acids is 1. The van der Waals surface area contributed by atoms with Gasteiger partial charge in [0.1, 0.15) is 6.61 Å². The highest BCUT2D eigenvalue weighted by Crippen LogP contribution is 2.14. The molecule has 3 aromatic rings. The average molecular weight is 366 g/mol. The second-order valence-corrected chi connectivity index (χ2v) is 6.33. The zero-order valence-electron chi connectivity index (χ0n) is 14.2.